The summed E-state index contributed by atoms with van der Waals surface area (Å²) >= 11 is 0. The number of rotatable bonds is 4. The van der Waals surface area contributed by atoms with E-state index in [4.69, 9.17) is 5.73 Å². The van der Waals surface area contributed by atoms with E-state index in [1.807, 2.05) is 0 Å². The number of hydrogen-bond donors (Lipinski definition) is 1. The van der Waals surface area contributed by atoms with Gasteiger partial charge < -0.3 is 10.6 Å². The van der Waals surface area contributed by atoms with Gasteiger partial charge in [0.25, 0.3) is 0 Å². The van der Waals surface area contributed by atoms with Crippen molar-refractivity contribution in [3.63, 3.8) is 0 Å². The topological polar surface area (TPSA) is 46.3 Å². The van der Waals surface area contributed by atoms with Crippen molar-refractivity contribution in [3.8, 4) is 0 Å². The summed E-state index contributed by atoms with van der Waals surface area (Å²) < 4.78 is 0. The van der Waals surface area contributed by atoms with Crippen molar-refractivity contribution in [3.05, 3.63) is 0 Å². The van der Waals surface area contributed by atoms with Crippen LogP contribution in [-0.2, 0) is 4.79 Å². The molecule has 0 radical (unpaired) electrons. The quantitative estimate of drug-likeness (QED) is 0.638. The van der Waals surface area contributed by atoms with Gasteiger partial charge in [-0.25, -0.2) is 0 Å². The molecule has 3 heteroatoms. The molecule has 0 atom stereocenters. The molecule has 11 heavy (non-hydrogen) atoms. The molecule has 0 spiro atoms. The summed E-state index contributed by atoms with van der Waals surface area (Å²) in [5.74, 6) is -0.177. The molecule has 0 bridgehead atoms. The fourth-order valence-electron chi connectivity index (χ4n) is 1.48. The van der Waals surface area contributed by atoms with Crippen molar-refractivity contribution in [2.45, 2.75) is 25.7 Å². The van der Waals surface area contributed by atoms with Crippen LogP contribution in [0.5, 0.6) is 0 Å². The standard InChI is InChI=1S/C8H16N2O/c9-8(11)4-3-7-10-5-1-2-6-10/h1-7H2,(H2,9,11). The van der Waals surface area contributed by atoms with Gasteiger partial charge in [0.1, 0.15) is 0 Å². The highest BCUT2D eigenvalue weighted by molar-refractivity contribution is 5.73. The molecule has 1 heterocycles. The average Bonchev–Trinajstić information content (AvgIpc) is 2.39. The zero-order valence-electron chi connectivity index (χ0n) is 6.88. The van der Waals surface area contributed by atoms with Crippen LogP contribution in [-0.4, -0.2) is 30.4 Å². The van der Waals surface area contributed by atoms with Crippen LogP contribution in [0, 0.1) is 0 Å². The molecule has 1 amide bonds. The van der Waals surface area contributed by atoms with Gasteiger partial charge in [-0.3, -0.25) is 4.79 Å². The molecule has 0 aromatic carbocycles. The lowest BCUT2D eigenvalue weighted by Crippen LogP contribution is -2.22. The molecule has 1 saturated heterocycles. The minimum Gasteiger partial charge on any atom is -0.370 e. The molecular formula is C8H16N2O. The predicted molar refractivity (Wildman–Crippen MR) is 44.1 cm³/mol. The second-order valence-electron chi connectivity index (χ2n) is 3.12. The molecule has 3 nitrogen and oxygen atoms in total. The summed E-state index contributed by atoms with van der Waals surface area (Å²) in [4.78, 5) is 12.8. The summed E-state index contributed by atoms with van der Waals surface area (Å²) in [5.41, 5.74) is 5.02. The van der Waals surface area contributed by atoms with Gasteiger partial charge in [0, 0.05) is 6.42 Å². The van der Waals surface area contributed by atoms with Crippen LogP contribution in [0.1, 0.15) is 25.7 Å². The highest BCUT2D eigenvalue weighted by Crippen LogP contribution is 2.07. The Morgan fingerprint density at radius 3 is 2.55 bits per heavy atom. The van der Waals surface area contributed by atoms with Gasteiger partial charge in [-0.15, -0.1) is 0 Å². The van der Waals surface area contributed by atoms with Gasteiger partial charge in [0.15, 0.2) is 0 Å². The van der Waals surface area contributed by atoms with E-state index in [0.717, 1.165) is 13.0 Å². The van der Waals surface area contributed by atoms with E-state index in [1.54, 1.807) is 0 Å². The van der Waals surface area contributed by atoms with Crippen LogP contribution in [0.4, 0.5) is 0 Å². The van der Waals surface area contributed by atoms with E-state index in [-0.39, 0.29) is 5.91 Å². The maximum absolute atomic E-state index is 10.4. The number of primary amides is 1. The summed E-state index contributed by atoms with van der Waals surface area (Å²) in [6.07, 6.45) is 4.10. The Hall–Kier alpha value is -0.570. The molecule has 0 unspecified atom stereocenters. The molecule has 1 aliphatic heterocycles. The van der Waals surface area contributed by atoms with Gasteiger partial charge in [0.2, 0.25) is 5.91 Å². The molecule has 0 aliphatic carbocycles. The van der Waals surface area contributed by atoms with Gasteiger partial charge in [-0.2, -0.15) is 0 Å². The summed E-state index contributed by atoms with van der Waals surface area (Å²) in [7, 11) is 0. The van der Waals surface area contributed by atoms with Crippen molar-refractivity contribution in [2.75, 3.05) is 19.6 Å². The highest BCUT2D eigenvalue weighted by atomic mass is 16.1. The van der Waals surface area contributed by atoms with Crippen molar-refractivity contribution >= 4 is 5.91 Å². The Labute approximate surface area is 67.5 Å². The summed E-state index contributed by atoms with van der Waals surface area (Å²) in [6, 6.07) is 0. The second kappa shape index (κ2) is 4.34. The van der Waals surface area contributed by atoms with Crippen LogP contribution in [0.3, 0.4) is 0 Å². The first-order valence-electron chi connectivity index (χ1n) is 4.30. The first-order chi connectivity index (χ1) is 5.29. The second-order valence-corrected chi connectivity index (χ2v) is 3.12. The van der Waals surface area contributed by atoms with Crippen LogP contribution in [0.2, 0.25) is 0 Å². The van der Waals surface area contributed by atoms with Crippen molar-refractivity contribution in [1.29, 1.82) is 0 Å². The number of nitrogens with two attached hydrogens (primary N) is 1. The first kappa shape index (κ1) is 8.53. The zero-order valence-corrected chi connectivity index (χ0v) is 6.88. The van der Waals surface area contributed by atoms with Gasteiger partial charge in [-0.05, 0) is 38.9 Å². The van der Waals surface area contributed by atoms with Crippen LogP contribution in [0.15, 0.2) is 0 Å². The molecule has 0 aromatic rings. The van der Waals surface area contributed by atoms with Crippen LogP contribution >= 0.6 is 0 Å². The SMILES string of the molecule is NC(=O)CCCN1CCCC1. The lowest BCUT2D eigenvalue weighted by atomic mass is 10.3. The average molecular weight is 156 g/mol. The molecule has 0 aromatic heterocycles. The Morgan fingerprint density at radius 2 is 2.00 bits per heavy atom. The molecule has 1 fully saturated rings. The molecule has 0 saturated carbocycles. The predicted octanol–water partition coefficient (Wildman–Crippen LogP) is 0.348. The van der Waals surface area contributed by atoms with E-state index in [9.17, 15) is 4.79 Å². The Morgan fingerprint density at radius 1 is 1.36 bits per heavy atom. The maximum atomic E-state index is 10.4. The molecule has 64 valence electrons. The number of hydrogen-bond acceptors (Lipinski definition) is 2. The van der Waals surface area contributed by atoms with E-state index in [2.05, 4.69) is 4.90 Å². The maximum Gasteiger partial charge on any atom is 0.217 e. The lowest BCUT2D eigenvalue weighted by Gasteiger charge is -2.12. The summed E-state index contributed by atoms with van der Waals surface area (Å²) in [5, 5.41) is 0. The van der Waals surface area contributed by atoms with Gasteiger partial charge >= 0.3 is 0 Å². The summed E-state index contributed by atoms with van der Waals surface area (Å²) in [6.45, 7) is 3.46. The van der Waals surface area contributed by atoms with Crippen molar-refractivity contribution in [2.24, 2.45) is 5.73 Å². The van der Waals surface area contributed by atoms with E-state index in [0.29, 0.717) is 6.42 Å². The third-order valence-corrected chi connectivity index (χ3v) is 2.10. The Balaban J connectivity index is 1.98. The molecule has 2 N–H and O–H groups in total. The van der Waals surface area contributed by atoms with Crippen LogP contribution < -0.4 is 5.73 Å². The highest BCUT2D eigenvalue weighted by Gasteiger charge is 2.10. The smallest absolute Gasteiger partial charge is 0.217 e. The monoisotopic (exact) mass is 156 g/mol. The van der Waals surface area contributed by atoms with E-state index in [1.165, 1.54) is 25.9 Å². The Bertz CT molecular complexity index is 130. The van der Waals surface area contributed by atoms with E-state index >= 15 is 0 Å². The number of carbonyl (C=O) groups excluding carboxylic acids is 1. The lowest BCUT2D eigenvalue weighted by molar-refractivity contribution is -0.118. The Kier molecular flexibility index (Phi) is 3.36. The van der Waals surface area contributed by atoms with Crippen molar-refractivity contribution < 1.29 is 4.79 Å². The molecule has 1 aliphatic rings. The normalized spacial score (nSPS) is 18.9. The first-order valence-corrected chi connectivity index (χ1v) is 4.30. The third kappa shape index (κ3) is 3.37. The number of carbonyl (C=O) groups is 1. The van der Waals surface area contributed by atoms with Gasteiger partial charge in [0.05, 0.1) is 0 Å². The largest absolute Gasteiger partial charge is 0.370 e. The minimum absolute atomic E-state index is 0.177. The fourth-order valence-corrected chi connectivity index (χ4v) is 1.48. The van der Waals surface area contributed by atoms with Gasteiger partial charge in [-0.1, -0.05) is 0 Å². The fraction of sp³-hybridized carbons (Fsp3) is 0.875. The zero-order chi connectivity index (χ0) is 8.10. The minimum atomic E-state index is -0.177. The molecular weight excluding hydrogens is 140 g/mol. The number of nitrogens with zero attached hydrogens (tertiary/aromatic N) is 1. The van der Waals surface area contributed by atoms with Crippen molar-refractivity contribution in [1.82, 2.24) is 4.90 Å². The number of likely N-dealkylation sites (tertiary alicyclic amines) is 1. The van der Waals surface area contributed by atoms with Crippen LogP contribution in [0.25, 0.3) is 0 Å². The number of amides is 1. The van der Waals surface area contributed by atoms with E-state index < -0.39 is 0 Å². The molecule has 1 rings (SSSR count). The third-order valence-electron chi connectivity index (χ3n) is 2.10.